The van der Waals surface area contributed by atoms with Gasteiger partial charge < -0.3 is 14.8 Å². The fourth-order valence-electron chi connectivity index (χ4n) is 2.67. The summed E-state index contributed by atoms with van der Waals surface area (Å²) in [6, 6.07) is 12.5. The number of fused-ring (bicyclic) bond motifs is 1. The highest BCUT2D eigenvalue weighted by Crippen LogP contribution is 2.32. The van der Waals surface area contributed by atoms with Crippen molar-refractivity contribution in [2.24, 2.45) is 0 Å². The van der Waals surface area contributed by atoms with Gasteiger partial charge in [0.1, 0.15) is 12.7 Å². The lowest BCUT2D eigenvalue weighted by Gasteiger charge is -2.32. The largest absolute Gasteiger partial charge is 0.486 e. The number of aryl methyl sites for hydroxylation is 1. The van der Waals surface area contributed by atoms with Gasteiger partial charge in [-0.05, 0) is 43.0 Å². The molecule has 2 unspecified atom stereocenters. The Bertz CT molecular complexity index is 556. The predicted octanol–water partition coefficient (Wildman–Crippen LogP) is 3.50. The van der Waals surface area contributed by atoms with E-state index in [0.717, 1.165) is 30.9 Å². The second kappa shape index (κ2) is 6.96. The first kappa shape index (κ1) is 14.4. The Balaban J connectivity index is 1.64. The fourth-order valence-corrected chi connectivity index (χ4v) is 3.39. The maximum absolute atomic E-state index is 6.13. The highest BCUT2D eigenvalue weighted by molar-refractivity contribution is 7.09. The van der Waals surface area contributed by atoms with E-state index < -0.39 is 0 Å². The van der Waals surface area contributed by atoms with E-state index in [4.69, 9.17) is 9.47 Å². The van der Waals surface area contributed by atoms with Gasteiger partial charge in [0.05, 0.1) is 0 Å². The molecule has 112 valence electrons. The summed E-state index contributed by atoms with van der Waals surface area (Å²) in [5, 5.41) is 5.68. The predicted molar refractivity (Wildman–Crippen MR) is 86.5 cm³/mol. The summed E-state index contributed by atoms with van der Waals surface area (Å²) in [6.45, 7) is 3.69. The summed E-state index contributed by atoms with van der Waals surface area (Å²) >= 11 is 1.82. The molecule has 3 nitrogen and oxygen atoms in total. The molecule has 1 aliphatic rings. The number of hydrogen-bond acceptors (Lipinski definition) is 4. The first-order chi connectivity index (χ1) is 10.4. The van der Waals surface area contributed by atoms with E-state index in [1.165, 1.54) is 4.88 Å². The van der Waals surface area contributed by atoms with E-state index in [-0.39, 0.29) is 6.10 Å². The van der Waals surface area contributed by atoms with Gasteiger partial charge in [0, 0.05) is 10.9 Å². The molecule has 0 bridgehead atoms. The van der Waals surface area contributed by atoms with Crippen molar-refractivity contribution in [2.45, 2.75) is 31.9 Å². The molecule has 0 aliphatic carbocycles. The monoisotopic (exact) mass is 303 g/mol. The first-order valence-corrected chi connectivity index (χ1v) is 8.39. The molecule has 2 atom stereocenters. The molecule has 4 heteroatoms. The fraction of sp³-hybridized carbons (Fsp3) is 0.412. The van der Waals surface area contributed by atoms with E-state index in [0.29, 0.717) is 12.6 Å². The van der Waals surface area contributed by atoms with Crippen molar-refractivity contribution in [2.75, 3.05) is 13.2 Å². The number of para-hydroxylation sites is 2. The van der Waals surface area contributed by atoms with Crippen molar-refractivity contribution < 1.29 is 9.47 Å². The number of hydrogen-bond donors (Lipinski definition) is 1. The second-order valence-corrected chi connectivity index (χ2v) is 6.23. The molecule has 1 N–H and O–H groups in total. The zero-order valence-electron chi connectivity index (χ0n) is 12.2. The Morgan fingerprint density at radius 2 is 2.10 bits per heavy atom. The number of nitrogens with one attached hydrogen (secondary N) is 1. The van der Waals surface area contributed by atoms with E-state index in [9.17, 15) is 0 Å². The summed E-state index contributed by atoms with van der Waals surface area (Å²) < 4.78 is 12.0. The van der Waals surface area contributed by atoms with E-state index in [2.05, 4.69) is 29.8 Å². The smallest absolute Gasteiger partial charge is 0.161 e. The third-order valence-corrected chi connectivity index (χ3v) is 4.66. The van der Waals surface area contributed by atoms with Crippen LogP contribution in [0.2, 0.25) is 0 Å². The van der Waals surface area contributed by atoms with E-state index >= 15 is 0 Å². The van der Waals surface area contributed by atoms with Gasteiger partial charge in [-0.15, -0.1) is 11.3 Å². The Morgan fingerprint density at radius 3 is 2.86 bits per heavy atom. The summed E-state index contributed by atoms with van der Waals surface area (Å²) in [5.41, 5.74) is 0. The molecule has 0 radical (unpaired) electrons. The number of benzene rings is 1. The van der Waals surface area contributed by atoms with Crippen LogP contribution in [0.25, 0.3) is 0 Å². The maximum atomic E-state index is 6.13. The normalized spacial score (nSPS) is 18.4. The van der Waals surface area contributed by atoms with Crippen LogP contribution in [-0.4, -0.2) is 25.3 Å². The molecule has 2 heterocycles. The van der Waals surface area contributed by atoms with Crippen molar-refractivity contribution >= 4 is 11.3 Å². The van der Waals surface area contributed by atoms with Gasteiger partial charge in [0.2, 0.25) is 0 Å². The number of rotatable bonds is 6. The SMILES string of the molecule is CCNC(CCc1cccs1)C1COc2ccccc2O1. The minimum absolute atomic E-state index is 0.0693. The highest BCUT2D eigenvalue weighted by atomic mass is 32.1. The summed E-state index contributed by atoms with van der Waals surface area (Å²) in [5.74, 6) is 1.70. The summed E-state index contributed by atoms with van der Waals surface area (Å²) in [6.07, 6.45) is 2.21. The van der Waals surface area contributed by atoms with Crippen LogP contribution in [0, 0.1) is 0 Å². The maximum Gasteiger partial charge on any atom is 0.161 e. The molecule has 0 amide bonds. The van der Waals surface area contributed by atoms with Gasteiger partial charge >= 0.3 is 0 Å². The van der Waals surface area contributed by atoms with Gasteiger partial charge in [-0.1, -0.05) is 25.1 Å². The van der Waals surface area contributed by atoms with Crippen molar-refractivity contribution in [3.05, 3.63) is 46.7 Å². The first-order valence-electron chi connectivity index (χ1n) is 7.51. The van der Waals surface area contributed by atoms with Crippen LogP contribution in [0.3, 0.4) is 0 Å². The molecule has 0 fully saturated rings. The average molecular weight is 303 g/mol. The lowest BCUT2D eigenvalue weighted by atomic mass is 10.0. The molecule has 3 rings (SSSR count). The summed E-state index contributed by atoms with van der Waals surface area (Å²) in [7, 11) is 0. The molecule has 1 aromatic heterocycles. The quantitative estimate of drug-likeness (QED) is 0.886. The molecule has 0 saturated heterocycles. The molecule has 1 aromatic carbocycles. The Morgan fingerprint density at radius 1 is 1.24 bits per heavy atom. The van der Waals surface area contributed by atoms with Crippen molar-refractivity contribution in [1.29, 1.82) is 0 Å². The van der Waals surface area contributed by atoms with E-state index in [1.807, 2.05) is 35.6 Å². The van der Waals surface area contributed by atoms with Crippen LogP contribution in [-0.2, 0) is 6.42 Å². The van der Waals surface area contributed by atoms with Crippen LogP contribution in [0.15, 0.2) is 41.8 Å². The van der Waals surface area contributed by atoms with Gasteiger partial charge in [-0.2, -0.15) is 0 Å². The Labute approximate surface area is 129 Å². The Hall–Kier alpha value is -1.52. The highest BCUT2D eigenvalue weighted by Gasteiger charge is 2.28. The second-order valence-electron chi connectivity index (χ2n) is 5.20. The molecule has 1 aliphatic heterocycles. The zero-order chi connectivity index (χ0) is 14.5. The minimum Gasteiger partial charge on any atom is -0.486 e. The molecule has 0 spiro atoms. The lowest BCUT2D eigenvalue weighted by molar-refractivity contribution is 0.0601. The zero-order valence-corrected chi connectivity index (χ0v) is 13.1. The molecular formula is C17H21NO2S. The number of likely N-dealkylation sites (N-methyl/N-ethyl adjacent to an activating group) is 1. The van der Waals surface area contributed by atoms with Gasteiger partial charge in [0.25, 0.3) is 0 Å². The van der Waals surface area contributed by atoms with Crippen LogP contribution >= 0.6 is 11.3 Å². The topological polar surface area (TPSA) is 30.5 Å². The third kappa shape index (κ3) is 3.57. The molecule has 21 heavy (non-hydrogen) atoms. The van der Waals surface area contributed by atoms with E-state index in [1.54, 1.807) is 0 Å². The summed E-state index contributed by atoms with van der Waals surface area (Å²) in [4.78, 5) is 1.43. The molecule has 2 aromatic rings. The number of thiophene rings is 1. The van der Waals surface area contributed by atoms with Crippen LogP contribution < -0.4 is 14.8 Å². The van der Waals surface area contributed by atoms with Crippen LogP contribution in [0.5, 0.6) is 11.5 Å². The average Bonchev–Trinajstić information content (AvgIpc) is 3.04. The van der Waals surface area contributed by atoms with Crippen molar-refractivity contribution in [3.8, 4) is 11.5 Å². The van der Waals surface area contributed by atoms with Crippen LogP contribution in [0.1, 0.15) is 18.2 Å². The molecule has 0 saturated carbocycles. The lowest BCUT2D eigenvalue weighted by Crippen LogP contribution is -2.48. The standard InChI is InChI=1S/C17H21NO2S/c1-2-18-14(10-9-13-6-5-11-21-13)17-12-19-15-7-3-4-8-16(15)20-17/h3-8,11,14,17-18H,2,9-10,12H2,1H3. The van der Waals surface area contributed by atoms with Gasteiger partial charge in [-0.25, -0.2) is 0 Å². The van der Waals surface area contributed by atoms with Gasteiger partial charge in [-0.3, -0.25) is 0 Å². The van der Waals surface area contributed by atoms with Crippen LogP contribution in [0.4, 0.5) is 0 Å². The minimum atomic E-state index is 0.0693. The Kier molecular flexibility index (Phi) is 4.78. The van der Waals surface area contributed by atoms with Crippen molar-refractivity contribution in [3.63, 3.8) is 0 Å². The number of ether oxygens (including phenoxy) is 2. The molecular weight excluding hydrogens is 282 g/mol. The van der Waals surface area contributed by atoms with Gasteiger partial charge in [0.15, 0.2) is 11.5 Å². The van der Waals surface area contributed by atoms with Crippen molar-refractivity contribution in [1.82, 2.24) is 5.32 Å². The third-order valence-electron chi connectivity index (χ3n) is 3.73.